The molecule has 3 aliphatic rings. The van der Waals surface area contributed by atoms with Crippen LogP contribution in [0.15, 0.2) is 30.3 Å². The van der Waals surface area contributed by atoms with Crippen molar-refractivity contribution in [3.05, 3.63) is 47.5 Å². The van der Waals surface area contributed by atoms with Crippen LogP contribution in [0.25, 0.3) is 0 Å². The number of hydrogen-bond donors (Lipinski definition) is 1. The Morgan fingerprint density at radius 2 is 1.77 bits per heavy atom. The molecule has 1 saturated heterocycles. The summed E-state index contributed by atoms with van der Waals surface area (Å²) in [7, 11) is 0. The summed E-state index contributed by atoms with van der Waals surface area (Å²) in [6, 6.07) is 9.80. The lowest BCUT2D eigenvalue weighted by atomic mass is 9.80. The van der Waals surface area contributed by atoms with Gasteiger partial charge in [-0.2, -0.15) is 0 Å². The molecule has 1 N–H and O–H groups in total. The van der Waals surface area contributed by atoms with Crippen molar-refractivity contribution in [3.63, 3.8) is 0 Å². The van der Waals surface area contributed by atoms with Crippen LogP contribution in [-0.4, -0.2) is 50.6 Å². The van der Waals surface area contributed by atoms with Crippen LogP contribution in [-0.2, 0) is 13.0 Å². The standard InChI is InChI=1S/C23H29N5O2/c29-21(24-18-8-4-5-9-18)20-26-25-19-10-11-23(13-15-28(19)20)12-14-27(16-23)22(30)17-6-2-1-3-7-17/h1-3,6-7,18H,4-5,8-16H2,(H,24,29)/t23-/m1/s1. The number of aryl methyl sites for hydroxylation is 1. The first-order valence-electron chi connectivity index (χ1n) is 11.2. The maximum atomic E-state index is 12.9. The molecule has 2 aliphatic heterocycles. The van der Waals surface area contributed by atoms with Gasteiger partial charge in [-0.3, -0.25) is 9.59 Å². The number of aromatic nitrogens is 3. The first-order chi connectivity index (χ1) is 14.6. The lowest BCUT2D eigenvalue weighted by molar-refractivity contribution is 0.0767. The van der Waals surface area contributed by atoms with Gasteiger partial charge in [0.05, 0.1) is 0 Å². The Bertz CT molecular complexity index is 934. The third kappa shape index (κ3) is 3.61. The summed E-state index contributed by atoms with van der Waals surface area (Å²) in [5, 5.41) is 11.7. The van der Waals surface area contributed by atoms with E-state index in [1.54, 1.807) is 0 Å². The third-order valence-corrected chi connectivity index (χ3v) is 7.21. The second-order valence-corrected chi connectivity index (χ2v) is 9.14. The molecule has 1 aliphatic carbocycles. The van der Waals surface area contributed by atoms with Crippen molar-refractivity contribution in [2.24, 2.45) is 5.41 Å². The number of rotatable bonds is 3. The molecule has 0 radical (unpaired) electrons. The largest absolute Gasteiger partial charge is 0.347 e. The fraction of sp³-hybridized carbons (Fsp3) is 0.565. The molecule has 158 valence electrons. The van der Waals surface area contributed by atoms with Crippen molar-refractivity contribution in [1.29, 1.82) is 0 Å². The van der Waals surface area contributed by atoms with Crippen LogP contribution >= 0.6 is 0 Å². The molecule has 7 heteroatoms. The smallest absolute Gasteiger partial charge is 0.289 e. The lowest BCUT2D eigenvalue weighted by Gasteiger charge is -2.27. The van der Waals surface area contributed by atoms with Gasteiger partial charge in [-0.15, -0.1) is 10.2 Å². The Morgan fingerprint density at radius 3 is 2.57 bits per heavy atom. The summed E-state index contributed by atoms with van der Waals surface area (Å²) in [4.78, 5) is 27.6. The van der Waals surface area contributed by atoms with E-state index in [1.807, 2.05) is 39.8 Å². The molecule has 3 heterocycles. The SMILES string of the molecule is O=C(NC1CCCC1)c1nnc2n1CC[C@@]1(CC2)CCN(C(=O)c2ccccc2)C1. The van der Waals surface area contributed by atoms with Crippen LogP contribution in [0.1, 0.15) is 71.7 Å². The van der Waals surface area contributed by atoms with Gasteiger partial charge < -0.3 is 14.8 Å². The number of fused-ring (bicyclic) bond motifs is 1. The summed E-state index contributed by atoms with van der Waals surface area (Å²) < 4.78 is 2.01. The zero-order valence-electron chi connectivity index (χ0n) is 17.3. The zero-order chi connectivity index (χ0) is 20.6. The van der Waals surface area contributed by atoms with Gasteiger partial charge in [-0.1, -0.05) is 31.0 Å². The predicted molar refractivity (Wildman–Crippen MR) is 112 cm³/mol. The third-order valence-electron chi connectivity index (χ3n) is 7.21. The maximum Gasteiger partial charge on any atom is 0.289 e. The topological polar surface area (TPSA) is 80.1 Å². The van der Waals surface area contributed by atoms with Crippen molar-refractivity contribution in [2.75, 3.05) is 13.1 Å². The van der Waals surface area contributed by atoms with E-state index in [0.717, 1.165) is 69.5 Å². The molecular formula is C23H29N5O2. The lowest BCUT2D eigenvalue weighted by Crippen LogP contribution is -2.35. The van der Waals surface area contributed by atoms with E-state index in [-0.39, 0.29) is 23.3 Å². The highest BCUT2D eigenvalue weighted by molar-refractivity contribution is 5.94. The number of amides is 2. The van der Waals surface area contributed by atoms with Crippen molar-refractivity contribution >= 4 is 11.8 Å². The van der Waals surface area contributed by atoms with E-state index in [4.69, 9.17) is 0 Å². The highest BCUT2D eigenvalue weighted by atomic mass is 16.2. The second kappa shape index (κ2) is 7.85. The minimum Gasteiger partial charge on any atom is -0.347 e. The summed E-state index contributed by atoms with van der Waals surface area (Å²) in [5.74, 6) is 1.37. The van der Waals surface area contributed by atoms with Gasteiger partial charge in [0.2, 0.25) is 5.82 Å². The quantitative estimate of drug-likeness (QED) is 0.848. The Balaban J connectivity index is 1.26. The molecule has 30 heavy (non-hydrogen) atoms. The average molecular weight is 408 g/mol. The maximum absolute atomic E-state index is 12.9. The van der Waals surface area contributed by atoms with Gasteiger partial charge in [-0.05, 0) is 49.7 Å². The summed E-state index contributed by atoms with van der Waals surface area (Å²) >= 11 is 0. The molecule has 1 aromatic carbocycles. The van der Waals surface area contributed by atoms with E-state index >= 15 is 0 Å². The fourth-order valence-electron chi connectivity index (χ4n) is 5.37. The Hall–Kier alpha value is -2.70. The van der Waals surface area contributed by atoms with E-state index in [2.05, 4.69) is 15.5 Å². The van der Waals surface area contributed by atoms with Crippen LogP contribution in [0.2, 0.25) is 0 Å². The molecule has 7 nitrogen and oxygen atoms in total. The first-order valence-corrected chi connectivity index (χ1v) is 11.2. The van der Waals surface area contributed by atoms with Crippen molar-refractivity contribution in [3.8, 4) is 0 Å². The van der Waals surface area contributed by atoms with Crippen LogP contribution < -0.4 is 5.32 Å². The predicted octanol–water partition coefficient (Wildman–Crippen LogP) is 2.82. The summed E-state index contributed by atoms with van der Waals surface area (Å²) in [6.07, 6.45) is 8.22. The molecule has 1 spiro atoms. The van der Waals surface area contributed by atoms with Crippen molar-refractivity contribution in [1.82, 2.24) is 25.0 Å². The molecule has 1 saturated carbocycles. The summed E-state index contributed by atoms with van der Waals surface area (Å²) in [5.41, 5.74) is 0.857. The Kier molecular flexibility index (Phi) is 5.05. The van der Waals surface area contributed by atoms with Gasteiger partial charge in [0, 0.05) is 37.7 Å². The molecule has 2 amide bonds. The van der Waals surface area contributed by atoms with Crippen molar-refractivity contribution in [2.45, 2.75) is 64.0 Å². The molecular weight excluding hydrogens is 378 g/mol. The van der Waals surface area contributed by atoms with Crippen LogP contribution in [0.3, 0.4) is 0 Å². The van der Waals surface area contributed by atoms with E-state index in [0.29, 0.717) is 5.82 Å². The highest BCUT2D eigenvalue weighted by Crippen LogP contribution is 2.41. The monoisotopic (exact) mass is 407 g/mol. The number of likely N-dealkylation sites (tertiary alicyclic amines) is 1. The Labute approximate surface area is 176 Å². The van der Waals surface area contributed by atoms with E-state index in [9.17, 15) is 9.59 Å². The molecule has 0 bridgehead atoms. The van der Waals surface area contributed by atoms with Gasteiger partial charge in [0.25, 0.3) is 11.8 Å². The van der Waals surface area contributed by atoms with E-state index < -0.39 is 0 Å². The number of hydrogen-bond acceptors (Lipinski definition) is 4. The molecule has 1 atom stereocenters. The number of carbonyl (C=O) groups is 2. The normalized spacial score (nSPS) is 24.1. The number of nitrogens with zero attached hydrogens (tertiary/aromatic N) is 4. The molecule has 0 unspecified atom stereocenters. The van der Waals surface area contributed by atoms with Crippen LogP contribution in [0.4, 0.5) is 0 Å². The van der Waals surface area contributed by atoms with Crippen molar-refractivity contribution < 1.29 is 9.59 Å². The number of nitrogens with one attached hydrogen (secondary N) is 1. The summed E-state index contributed by atoms with van der Waals surface area (Å²) in [6.45, 7) is 2.31. The molecule has 2 aromatic rings. The van der Waals surface area contributed by atoms with Gasteiger partial charge in [-0.25, -0.2) is 0 Å². The molecule has 2 fully saturated rings. The fourth-order valence-corrected chi connectivity index (χ4v) is 5.37. The first kappa shape index (κ1) is 19.3. The highest BCUT2D eigenvalue weighted by Gasteiger charge is 2.41. The second-order valence-electron chi connectivity index (χ2n) is 9.14. The number of benzene rings is 1. The van der Waals surface area contributed by atoms with Gasteiger partial charge in [0.1, 0.15) is 5.82 Å². The molecule has 1 aromatic heterocycles. The minimum absolute atomic E-state index is 0.0936. The van der Waals surface area contributed by atoms with Gasteiger partial charge in [0.15, 0.2) is 0 Å². The minimum atomic E-state index is -0.0936. The zero-order valence-corrected chi connectivity index (χ0v) is 17.3. The average Bonchev–Trinajstić information content (AvgIpc) is 3.49. The number of carbonyl (C=O) groups excluding carboxylic acids is 2. The van der Waals surface area contributed by atoms with E-state index in [1.165, 1.54) is 12.8 Å². The van der Waals surface area contributed by atoms with Gasteiger partial charge >= 0.3 is 0 Å². The Morgan fingerprint density at radius 1 is 1.00 bits per heavy atom. The molecule has 5 rings (SSSR count). The van der Waals surface area contributed by atoms with Crippen LogP contribution in [0, 0.1) is 5.41 Å². The van der Waals surface area contributed by atoms with Crippen LogP contribution in [0.5, 0.6) is 0 Å².